The molecule has 0 bridgehead atoms. The first-order valence-corrected chi connectivity index (χ1v) is 14.9. The van der Waals surface area contributed by atoms with Gasteiger partial charge in [-0.05, 0) is 85.9 Å². The van der Waals surface area contributed by atoms with Gasteiger partial charge in [-0.1, -0.05) is 48.5 Å². The van der Waals surface area contributed by atoms with E-state index >= 15 is 0 Å². The zero-order valence-electron chi connectivity index (χ0n) is 21.0. The van der Waals surface area contributed by atoms with Crippen LogP contribution in [-0.2, 0) is 14.6 Å². The van der Waals surface area contributed by atoms with Crippen molar-refractivity contribution < 1.29 is 23.1 Å². The number of aliphatic hydroxyl groups is 1. The van der Waals surface area contributed by atoms with Crippen molar-refractivity contribution in [2.24, 2.45) is 11.8 Å². The molecule has 0 amide bonds. The third-order valence-electron chi connectivity index (χ3n) is 7.15. The molecule has 2 fully saturated rings. The Morgan fingerprint density at radius 1 is 1.11 bits per heavy atom. The first-order valence-electron chi connectivity index (χ1n) is 12.8. The zero-order valence-corrected chi connectivity index (χ0v) is 21.8. The van der Waals surface area contributed by atoms with Crippen LogP contribution in [0.4, 0.5) is 0 Å². The van der Waals surface area contributed by atoms with E-state index < -0.39 is 27.5 Å². The molecule has 1 aliphatic carbocycles. The Morgan fingerprint density at radius 3 is 2.47 bits per heavy atom. The Balaban J connectivity index is 1.12. The number of piperidine rings is 1. The number of allylic oxidation sites excluding steroid dienone is 1. The van der Waals surface area contributed by atoms with Crippen LogP contribution < -0.4 is 4.74 Å². The quantitative estimate of drug-likeness (QED) is 0.435. The van der Waals surface area contributed by atoms with Gasteiger partial charge in [-0.2, -0.15) is 0 Å². The number of aliphatic hydroxyl groups excluding tert-OH is 1. The Hall–Kier alpha value is -2.48. The van der Waals surface area contributed by atoms with E-state index in [2.05, 4.69) is 35.2 Å². The van der Waals surface area contributed by atoms with Crippen LogP contribution >= 0.6 is 0 Å². The van der Waals surface area contributed by atoms with Gasteiger partial charge in [-0.15, -0.1) is 0 Å². The summed E-state index contributed by atoms with van der Waals surface area (Å²) < 4.78 is 28.1. The standard InChI is InChI=1S/C29H37NO5S/c1-36(33,34)21-26(31)10-7-22-8-11-28(12-9-22)35-20-27(32)19-30-15-13-23(14-16-30)17-25-18-29(25)24-5-3-2-4-6-24/h2-12,23,25,27,29,32H,13-21H2,1H3/b10-7+/t25-,27?,29+/m1/s1. The minimum atomic E-state index is -3.33. The first kappa shape index (κ1) is 26.6. The van der Waals surface area contributed by atoms with Gasteiger partial charge in [-0.3, -0.25) is 4.79 Å². The van der Waals surface area contributed by atoms with Gasteiger partial charge < -0.3 is 14.7 Å². The second-order valence-electron chi connectivity index (χ2n) is 10.4. The molecule has 2 aliphatic rings. The molecule has 1 aliphatic heterocycles. The third kappa shape index (κ3) is 8.57. The number of benzene rings is 2. The van der Waals surface area contributed by atoms with E-state index in [0.29, 0.717) is 12.3 Å². The highest BCUT2D eigenvalue weighted by Crippen LogP contribution is 2.51. The monoisotopic (exact) mass is 511 g/mol. The molecule has 1 saturated heterocycles. The summed E-state index contributed by atoms with van der Waals surface area (Å²) in [7, 11) is -3.33. The van der Waals surface area contributed by atoms with Crippen LogP contribution in [0.1, 0.15) is 42.7 Å². The molecule has 0 aromatic heterocycles. The van der Waals surface area contributed by atoms with Crippen molar-refractivity contribution >= 4 is 21.7 Å². The van der Waals surface area contributed by atoms with E-state index in [1.165, 1.54) is 37.3 Å². The average molecular weight is 512 g/mol. The number of ether oxygens (including phenoxy) is 1. The number of sulfone groups is 1. The fourth-order valence-electron chi connectivity index (χ4n) is 5.16. The summed E-state index contributed by atoms with van der Waals surface area (Å²) in [5.41, 5.74) is 2.27. The van der Waals surface area contributed by atoms with Crippen LogP contribution in [0.5, 0.6) is 5.75 Å². The Labute approximate surface area is 214 Å². The summed E-state index contributed by atoms with van der Waals surface area (Å²) in [6.45, 7) is 2.90. The minimum absolute atomic E-state index is 0.225. The fraction of sp³-hybridized carbons (Fsp3) is 0.483. The van der Waals surface area contributed by atoms with Crippen molar-refractivity contribution in [3.63, 3.8) is 0 Å². The van der Waals surface area contributed by atoms with Crippen molar-refractivity contribution in [1.82, 2.24) is 4.90 Å². The normalized spacial score (nSPS) is 21.9. The van der Waals surface area contributed by atoms with E-state index in [9.17, 15) is 18.3 Å². The Morgan fingerprint density at radius 2 is 1.81 bits per heavy atom. The number of nitrogens with zero attached hydrogens (tertiary/aromatic N) is 1. The van der Waals surface area contributed by atoms with Gasteiger partial charge in [0.05, 0.1) is 0 Å². The molecule has 7 heteroatoms. The van der Waals surface area contributed by atoms with Crippen LogP contribution in [0.2, 0.25) is 0 Å². The molecule has 0 spiro atoms. The minimum Gasteiger partial charge on any atom is -0.491 e. The van der Waals surface area contributed by atoms with Crippen molar-refractivity contribution in [2.45, 2.75) is 37.7 Å². The predicted octanol–water partition coefficient (Wildman–Crippen LogP) is 3.96. The summed E-state index contributed by atoms with van der Waals surface area (Å²) in [5.74, 6) is 2.10. The molecular weight excluding hydrogens is 474 g/mol. The third-order valence-corrected chi connectivity index (χ3v) is 7.96. The maximum absolute atomic E-state index is 11.7. The lowest BCUT2D eigenvalue weighted by molar-refractivity contribution is -0.112. The van der Waals surface area contributed by atoms with Crippen LogP contribution in [0.3, 0.4) is 0 Å². The summed E-state index contributed by atoms with van der Waals surface area (Å²) in [5, 5.41) is 10.5. The summed E-state index contributed by atoms with van der Waals surface area (Å²) in [6, 6.07) is 18.0. The summed E-state index contributed by atoms with van der Waals surface area (Å²) >= 11 is 0. The van der Waals surface area contributed by atoms with Crippen molar-refractivity contribution in [3.8, 4) is 5.75 Å². The van der Waals surface area contributed by atoms with E-state index in [1.54, 1.807) is 30.3 Å². The number of carbonyl (C=O) groups excluding carboxylic acids is 1. The van der Waals surface area contributed by atoms with Crippen LogP contribution in [0, 0.1) is 11.8 Å². The fourth-order valence-corrected chi connectivity index (χ4v) is 5.78. The number of hydrogen-bond donors (Lipinski definition) is 1. The van der Waals surface area contributed by atoms with E-state index in [-0.39, 0.29) is 6.61 Å². The number of likely N-dealkylation sites (tertiary alicyclic amines) is 1. The molecule has 3 atom stereocenters. The molecule has 1 N–H and O–H groups in total. The molecule has 36 heavy (non-hydrogen) atoms. The maximum Gasteiger partial charge on any atom is 0.170 e. The molecular formula is C29H37NO5S. The molecule has 4 rings (SSSR count). The molecule has 1 saturated carbocycles. The van der Waals surface area contributed by atoms with Gasteiger partial charge in [0, 0.05) is 12.8 Å². The predicted molar refractivity (Wildman–Crippen MR) is 143 cm³/mol. The molecule has 6 nitrogen and oxygen atoms in total. The summed E-state index contributed by atoms with van der Waals surface area (Å²) in [4.78, 5) is 14.0. The van der Waals surface area contributed by atoms with Crippen LogP contribution in [0.15, 0.2) is 60.7 Å². The van der Waals surface area contributed by atoms with Gasteiger partial charge >= 0.3 is 0 Å². The number of ketones is 1. The van der Waals surface area contributed by atoms with E-state index in [0.717, 1.165) is 42.7 Å². The largest absolute Gasteiger partial charge is 0.491 e. The highest BCUT2D eigenvalue weighted by Gasteiger charge is 2.39. The Bertz CT molecular complexity index is 1120. The van der Waals surface area contributed by atoms with Crippen molar-refractivity contribution in [1.29, 1.82) is 0 Å². The van der Waals surface area contributed by atoms with Gasteiger partial charge in [-0.25, -0.2) is 8.42 Å². The lowest BCUT2D eigenvalue weighted by atomic mass is 9.90. The van der Waals surface area contributed by atoms with Crippen LogP contribution in [0.25, 0.3) is 6.08 Å². The van der Waals surface area contributed by atoms with Crippen molar-refractivity contribution in [2.75, 3.05) is 38.2 Å². The topological polar surface area (TPSA) is 83.9 Å². The Kier molecular flexibility index (Phi) is 8.99. The highest BCUT2D eigenvalue weighted by molar-refractivity contribution is 7.91. The molecule has 2 aromatic rings. The van der Waals surface area contributed by atoms with Crippen LogP contribution in [-0.4, -0.2) is 68.6 Å². The number of carbonyl (C=O) groups is 1. The van der Waals surface area contributed by atoms with Gasteiger partial charge in [0.2, 0.25) is 0 Å². The average Bonchev–Trinajstić information content (AvgIpc) is 3.62. The molecule has 2 aromatic carbocycles. The molecule has 194 valence electrons. The number of rotatable bonds is 12. The lowest BCUT2D eigenvalue weighted by Crippen LogP contribution is -2.40. The first-order chi connectivity index (χ1) is 17.2. The van der Waals surface area contributed by atoms with Gasteiger partial charge in [0.1, 0.15) is 24.2 Å². The zero-order chi connectivity index (χ0) is 25.5. The second-order valence-corrected chi connectivity index (χ2v) is 12.5. The molecule has 1 heterocycles. The SMILES string of the molecule is CS(=O)(=O)CC(=O)/C=C/c1ccc(OCC(O)CN2CCC(C[C@@H]3C[C@H]3c3ccccc3)CC2)cc1. The maximum atomic E-state index is 11.7. The molecule has 0 radical (unpaired) electrons. The van der Waals surface area contributed by atoms with Gasteiger partial charge in [0.15, 0.2) is 15.6 Å². The number of β-amino-alcohol motifs (C(OH)–C–C–N with tert-alkyl or cyclic N) is 1. The lowest BCUT2D eigenvalue weighted by Gasteiger charge is -2.33. The van der Waals surface area contributed by atoms with E-state index in [4.69, 9.17) is 4.74 Å². The second kappa shape index (κ2) is 12.2. The van der Waals surface area contributed by atoms with Gasteiger partial charge in [0.25, 0.3) is 0 Å². The van der Waals surface area contributed by atoms with Crippen molar-refractivity contribution in [3.05, 3.63) is 71.8 Å². The summed E-state index contributed by atoms with van der Waals surface area (Å²) in [6.07, 6.45) is 8.41. The smallest absolute Gasteiger partial charge is 0.170 e. The number of hydrogen-bond acceptors (Lipinski definition) is 6. The highest BCUT2D eigenvalue weighted by atomic mass is 32.2. The molecule has 1 unspecified atom stereocenters. The van der Waals surface area contributed by atoms with E-state index in [1.807, 2.05) is 0 Å².